The van der Waals surface area contributed by atoms with Crippen LogP contribution in [0, 0.1) is 5.92 Å². The zero-order chi connectivity index (χ0) is 30.5. The van der Waals surface area contributed by atoms with E-state index < -0.39 is 11.2 Å². The Bertz CT molecular complexity index is 1500. The predicted octanol–water partition coefficient (Wildman–Crippen LogP) is 5.41. The van der Waals surface area contributed by atoms with E-state index in [1.54, 1.807) is 4.90 Å². The van der Waals surface area contributed by atoms with Gasteiger partial charge in [-0.05, 0) is 65.8 Å². The van der Waals surface area contributed by atoms with Crippen LogP contribution in [0.15, 0.2) is 48.7 Å². The number of piperazine rings is 1. The summed E-state index contributed by atoms with van der Waals surface area (Å²) in [6.45, 7) is 16.3. The van der Waals surface area contributed by atoms with Gasteiger partial charge < -0.3 is 29.1 Å². The zero-order valence-corrected chi connectivity index (χ0v) is 26.0. The molecule has 5 heterocycles. The number of carbonyl (C=O) groups is 2. The molecule has 3 aliphatic rings. The number of hydrogen-bond donors (Lipinski definition) is 0. The topological polar surface area (TPSA) is 91.3 Å². The van der Waals surface area contributed by atoms with Crippen LogP contribution in [0.25, 0.3) is 22.2 Å². The van der Waals surface area contributed by atoms with Gasteiger partial charge in [-0.2, -0.15) is 0 Å². The molecule has 3 fully saturated rings. The molecule has 1 aromatic carbocycles. The number of hydrogen-bond acceptors (Lipinski definition) is 8. The number of amides is 2. The van der Waals surface area contributed by atoms with Crippen molar-refractivity contribution in [2.45, 2.75) is 58.8 Å². The number of fused-ring (bicyclic) bond motifs is 2. The molecular formula is C33H42N6O4. The third-order valence-electron chi connectivity index (χ3n) is 8.20. The number of likely N-dealkylation sites (tertiary alicyclic amines) is 1. The fourth-order valence-corrected chi connectivity index (χ4v) is 6.10. The summed E-state index contributed by atoms with van der Waals surface area (Å²) < 4.78 is 11.2. The van der Waals surface area contributed by atoms with Crippen LogP contribution < -0.4 is 9.80 Å². The second-order valence-corrected chi connectivity index (χ2v) is 13.8. The lowest BCUT2D eigenvalue weighted by Crippen LogP contribution is -2.59. The van der Waals surface area contributed by atoms with Gasteiger partial charge in [0.05, 0.1) is 17.3 Å². The van der Waals surface area contributed by atoms with Crippen LogP contribution in [-0.2, 0) is 9.47 Å². The molecule has 3 saturated heterocycles. The average molecular weight is 587 g/mol. The van der Waals surface area contributed by atoms with Gasteiger partial charge in [-0.1, -0.05) is 18.2 Å². The van der Waals surface area contributed by atoms with E-state index in [1.165, 1.54) is 0 Å². The minimum Gasteiger partial charge on any atom is -0.444 e. The monoisotopic (exact) mass is 586 g/mol. The van der Waals surface area contributed by atoms with Crippen molar-refractivity contribution in [3.63, 3.8) is 0 Å². The number of carbonyl (C=O) groups excluding carboxylic acids is 2. The molecule has 3 aromatic rings. The molecule has 3 aliphatic heterocycles. The predicted molar refractivity (Wildman–Crippen MR) is 167 cm³/mol. The number of aromatic nitrogens is 2. The van der Waals surface area contributed by atoms with Gasteiger partial charge in [0.15, 0.2) is 0 Å². The third-order valence-corrected chi connectivity index (χ3v) is 8.20. The van der Waals surface area contributed by atoms with Crippen molar-refractivity contribution in [3.05, 3.63) is 48.7 Å². The van der Waals surface area contributed by atoms with Gasteiger partial charge in [-0.15, -0.1) is 0 Å². The van der Waals surface area contributed by atoms with Crippen LogP contribution in [0.2, 0.25) is 0 Å². The molecule has 228 valence electrons. The molecule has 0 saturated carbocycles. The quantitative estimate of drug-likeness (QED) is 0.403. The Labute approximate surface area is 253 Å². The first-order valence-corrected chi connectivity index (χ1v) is 15.2. The Morgan fingerprint density at radius 2 is 1.51 bits per heavy atom. The highest BCUT2D eigenvalue weighted by molar-refractivity contribution is 5.94. The summed E-state index contributed by atoms with van der Waals surface area (Å²) in [6, 6.07) is 14.6. The number of para-hydroxylation sites is 1. The van der Waals surface area contributed by atoms with Gasteiger partial charge in [0.2, 0.25) is 0 Å². The average Bonchev–Trinajstić information content (AvgIpc) is 3.26. The molecule has 10 nitrogen and oxygen atoms in total. The van der Waals surface area contributed by atoms with Gasteiger partial charge in [-0.25, -0.2) is 19.6 Å². The first-order valence-electron chi connectivity index (χ1n) is 15.2. The molecule has 2 aromatic heterocycles. The molecule has 2 amide bonds. The lowest BCUT2D eigenvalue weighted by molar-refractivity contribution is -0.0163. The summed E-state index contributed by atoms with van der Waals surface area (Å²) >= 11 is 0. The van der Waals surface area contributed by atoms with E-state index >= 15 is 0 Å². The molecule has 43 heavy (non-hydrogen) atoms. The minimum atomic E-state index is -0.505. The second kappa shape index (κ2) is 10.9. The highest BCUT2D eigenvalue weighted by Gasteiger charge is 2.49. The number of rotatable bonds is 3. The van der Waals surface area contributed by atoms with Crippen molar-refractivity contribution in [3.8, 4) is 11.3 Å². The summed E-state index contributed by atoms with van der Waals surface area (Å²) in [5, 5.41) is 1.10. The molecule has 2 atom stereocenters. The maximum absolute atomic E-state index is 12.8. The van der Waals surface area contributed by atoms with Crippen molar-refractivity contribution in [2.24, 2.45) is 5.92 Å². The Balaban J connectivity index is 1.17. The number of nitrogens with zero attached hydrogens (tertiary/aromatic N) is 6. The van der Waals surface area contributed by atoms with E-state index in [2.05, 4.69) is 28.0 Å². The van der Waals surface area contributed by atoms with Crippen LogP contribution in [0.3, 0.4) is 0 Å². The van der Waals surface area contributed by atoms with Crippen LogP contribution in [0.1, 0.15) is 41.5 Å². The number of ether oxygens (including phenoxy) is 2. The normalized spacial score (nSPS) is 20.6. The van der Waals surface area contributed by atoms with Crippen molar-refractivity contribution in [1.82, 2.24) is 19.8 Å². The standard InChI is InChI=1S/C33H42N6O4/c1-32(2,3)42-30(40)37-15-13-36(14-16-37)29-12-11-22(18-34-29)26-17-27(24-9-7-8-10-25(24)35-26)38-19-23-20-39(28(23)21-38)31(41)43-33(4,5)6/h7-12,17-18,23,28H,13-16,19-21H2,1-6H3/t23-,28-/m1/s1. The van der Waals surface area contributed by atoms with Crippen LogP contribution in [0.4, 0.5) is 21.1 Å². The molecule has 0 N–H and O–H groups in total. The molecular weight excluding hydrogens is 544 g/mol. The molecule has 0 unspecified atom stereocenters. The van der Waals surface area contributed by atoms with E-state index in [1.807, 2.05) is 76.9 Å². The van der Waals surface area contributed by atoms with Gasteiger partial charge in [-0.3, -0.25) is 0 Å². The van der Waals surface area contributed by atoms with Gasteiger partial charge in [0.1, 0.15) is 17.0 Å². The van der Waals surface area contributed by atoms with E-state index in [0.717, 1.165) is 53.3 Å². The van der Waals surface area contributed by atoms with Crippen LogP contribution in [0.5, 0.6) is 0 Å². The highest BCUT2D eigenvalue weighted by Crippen LogP contribution is 2.39. The molecule has 0 bridgehead atoms. The van der Waals surface area contributed by atoms with Gasteiger partial charge >= 0.3 is 12.2 Å². The Kier molecular flexibility index (Phi) is 7.34. The lowest BCUT2D eigenvalue weighted by atomic mass is 9.93. The summed E-state index contributed by atoms with van der Waals surface area (Å²) in [6.07, 6.45) is 1.39. The maximum atomic E-state index is 12.8. The van der Waals surface area contributed by atoms with Crippen molar-refractivity contribution in [1.29, 1.82) is 0 Å². The van der Waals surface area contributed by atoms with E-state index in [0.29, 0.717) is 32.1 Å². The van der Waals surface area contributed by atoms with Gasteiger partial charge in [0.25, 0.3) is 0 Å². The lowest BCUT2D eigenvalue weighted by Gasteiger charge is -2.43. The fourth-order valence-electron chi connectivity index (χ4n) is 6.10. The molecule has 0 aliphatic carbocycles. The SMILES string of the molecule is CC(C)(C)OC(=O)N1CCN(c2ccc(-c3cc(N4C[C@@H]5CN(C(=O)OC(C)(C)C)[C@@H]5C4)c4ccccc4n3)cn2)CC1. The van der Waals surface area contributed by atoms with Crippen molar-refractivity contribution >= 4 is 34.6 Å². The highest BCUT2D eigenvalue weighted by atomic mass is 16.6. The zero-order valence-electron chi connectivity index (χ0n) is 26.0. The summed E-state index contributed by atoms with van der Waals surface area (Å²) in [5.41, 5.74) is 2.86. The maximum Gasteiger partial charge on any atom is 0.410 e. The molecule has 0 radical (unpaired) electrons. The Hall–Kier alpha value is -4.08. The van der Waals surface area contributed by atoms with E-state index in [-0.39, 0.29) is 18.2 Å². The van der Waals surface area contributed by atoms with Crippen LogP contribution in [-0.4, -0.2) is 95.0 Å². The van der Waals surface area contributed by atoms with E-state index in [4.69, 9.17) is 19.4 Å². The number of anilines is 2. The van der Waals surface area contributed by atoms with Crippen LogP contribution >= 0.6 is 0 Å². The van der Waals surface area contributed by atoms with E-state index in [9.17, 15) is 9.59 Å². The second-order valence-electron chi connectivity index (χ2n) is 13.8. The first-order chi connectivity index (χ1) is 20.3. The molecule has 0 spiro atoms. The Morgan fingerprint density at radius 3 is 2.19 bits per heavy atom. The Morgan fingerprint density at radius 1 is 0.814 bits per heavy atom. The number of benzene rings is 1. The summed E-state index contributed by atoms with van der Waals surface area (Å²) in [4.78, 5) is 43.2. The first kappa shape index (κ1) is 29.0. The fraction of sp³-hybridized carbons (Fsp3) is 0.515. The minimum absolute atomic E-state index is 0.155. The summed E-state index contributed by atoms with van der Waals surface area (Å²) in [5.74, 6) is 1.31. The number of pyridine rings is 2. The molecule has 6 rings (SSSR count). The van der Waals surface area contributed by atoms with Gasteiger partial charge in [0, 0.05) is 74.6 Å². The molecule has 10 heteroatoms. The van der Waals surface area contributed by atoms with Crippen molar-refractivity contribution < 1.29 is 19.1 Å². The smallest absolute Gasteiger partial charge is 0.410 e. The van der Waals surface area contributed by atoms with Crippen molar-refractivity contribution in [2.75, 3.05) is 55.6 Å². The summed E-state index contributed by atoms with van der Waals surface area (Å²) in [7, 11) is 0. The third kappa shape index (κ3) is 6.19. The largest absolute Gasteiger partial charge is 0.444 e.